The first-order chi connectivity index (χ1) is 13.7. The normalized spacial score (nSPS) is 16.8. The van der Waals surface area contributed by atoms with Crippen LogP contribution in [0.25, 0.3) is 0 Å². The van der Waals surface area contributed by atoms with Gasteiger partial charge in [0.2, 0.25) is 17.7 Å². The van der Waals surface area contributed by atoms with E-state index in [4.69, 9.17) is 16.6 Å². The van der Waals surface area contributed by atoms with Crippen molar-refractivity contribution in [2.45, 2.75) is 37.8 Å². The Morgan fingerprint density at radius 1 is 1.31 bits per heavy atom. The van der Waals surface area contributed by atoms with E-state index >= 15 is 0 Å². The zero-order chi connectivity index (χ0) is 22.0. The average molecular weight is 413 g/mol. The first-order valence-corrected chi connectivity index (χ1v) is 9.44. The molecule has 1 fully saturated rings. The molecule has 0 aromatic rings. The summed E-state index contributed by atoms with van der Waals surface area (Å²) in [5.41, 5.74) is 10.6. The van der Waals surface area contributed by atoms with Crippen molar-refractivity contribution in [2.24, 2.45) is 16.5 Å². The van der Waals surface area contributed by atoms with Crippen molar-refractivity contribution in [2.75, 3.05) is 40.3 Å². The minimum absolute atomic E-state index is 0.0791. The zero-order valence-electron chi connectivity index (χ0n) is 16.9. The van der Waals surface area contributed by atoms with Gasteiger partial charge in [0.25, 0.3) is 0 Å². The van der Waals surface area contributed by atoms with Gasteiger partial charge in [0.15, 0.2) is 5.96 Å². The van der Waals surface area contributed by atoms with E-state index in [1.807, 2.05) is 0 Å². The number of amides is 3. The molecule has 0 aliphatic carbocycles. The molecule has 1 aliphatic heterocycles. The molecule has 7 N–H and O–H groups in total. The largest absolute Gasteiger partial charge is 0.480 e. The number of aliphatic carboxylic acids is 1. The Morgan fingerprint density at radius 3 is 2.59 bits per heavy atom. The lowest BCUT2D eigenvalue weighted by atomic mass is 10.1. The Kier molecular flexibility index (Phi) is 9.86. The highest BCUT2D eigenvalue weighted by molar-refractivity contribution is 5.93. The molecule has 0 unspecified atom stereocenters. The summed E-state index contributed by atoms with van der Waals surface area (Å²) in [5.74, 6) is -2.40. The summed E-state index contributed by atoms with van der Waals surface area (Å²) in [4.78, 5) is 54.9. The van der Waals surface area contributed by atoms with E-state index in [0.29, 0.717) is 25.8 Å². The van der Waals surface area contributed by atoms with Crippen LogP contribution in [0.15, 0.2) is 4.99 Å². The summed E-state index contributed by atoms with van der Waals surface area (Å²) in [6.45, 7) is 0.364. The fourth-order valence-corrected chi connectivity index (χ4v) is 3.17. The summed E-state index contributed by atoms with van der Waals surface area (Å²) < 4.78 is 0. The summed E-state index contributed by atoms with van der Waals surface area (Å²) in [7, 11) is 3.00. The average Bonchev–Trinajstić information content (AvgIpc) is 3.13. The van der Waals surface area contributed by atoms with Crippen LogP contribution < -0.4 is 22.1 Å². The number of hydrogen-bond acceptors (Lipinski definition) is 6. The number of rotatable bonds is 11. The van der Waals surface area contributed by atoms with E-state index in [0.717, 1.165) is 4.90 Å². The molecule has 0 aromatic heterocycles. The number of carbonyl (C=O) groups excluding carboxylic acids is 3. The lowest BCUT2D eigenvalue weighted by molar-refractivity contribution is -0.145. The highest BCUT2D eigenvalue weighted by Crippen LogP contribution is 2.18. The number of guanidine groups is 1. The van der Waals surface area contributed by atoms with Gasteiger partial charge in [-0.1, -0.05) is 0 Å². The molecule has 164 valence electrons. The van der Waals surface area contributed by atoms with Crippen molar-refractivity contribution in [1.29, 1.82) is 0 Å². The SMILES string of the molecule is CNCC(=O)N1CCC[C@H]1C(=O)N[C@@H](CCCN=C(N)N)C(=O)N(C)CC(=O)O. The molecule has 12 heteroatoms. The second-order valence-corrected chi connectivity index (χ2v) is 6.87. The topological polar surface area (TPSA) is 183 Å². The Hall–Kier alpha value is -2.89. The summed E-state index contributed by atoms with van der Waals surface area (Å²) >= 11 is 0. The van der Waals surface area contributed by atoms with Gasteiger partial charge in [-0.2, -0.15) is 0 Å². The molecule has 1 heterocycles. The van der Waals surface area contributed by atoms with E-state index in [9.17, 15) is 19.2 Å². The Bertz CT molecular complexity index is 636. The molecule has 0 aromatic carbocycles. The molecule has 0 radical (unpaired) electrons. The van der Waals surface area contributed by atoms with E-state index in [2.05, 4.69) is 15.6 Å². The first-order valence-electron chi connectivity index (χ1n) is 9.44. The number of likely N-dealkylation sites (N-methyl/N-ethyl adjacent to an activating group) is 2. The maximum Gasteiger partial charge on any atom is 0.323 e. The molecule has 1 aliphatic rings. The standard InChI is InChI=1S/C17H31N7O5/c1-20-9-13(25)24-8-4-6-12(24)15(28)22-11(5-3-7-21-17(18)19)16(29)23(2)10-14(26)27/h11-12,20H,3-10H2,1-2H3,(H,22,28)(H,26,27)(H4,18,19,21)/t11-,12-/m0/s1. The molecule has 2 atom stereocenters. The van der Waals surface area contributed by atoms with Gasteiger partial charge in [0, 0.05) is 20.1 Å². The number of aliphatic imine (C=N–C) groups is 1. The van der Waals surface area contributed by atoms with Gasteiger partial charge in [-0.25, -0.2) is 0 Å². The fraction of sp³-hybridized carbons (Fsp3) is 0.706. The van der Waals surface area contributed by atoms with Gasteiger partial charge in [-0.3, -0.25) is 24.2 Å². The van der Waals surface area contributed by atoms with Crippen LogP contribution in [0, 0.1) is 0 Å². The van der Waals surface area contributed by atoms with Crippen LogP contribution in [0.2, 0.25) is 0 Å². The predicted octanol–water partition coefficient (Wildman–Crippen LogP) is -2.72. The minimum Gasteiger partial charge on any atom is -0.480 e. The van der Waals surface area contributed by atoms with Gasteiger partial charge in [0.1, 0.15) is 18.6 Å². The van der Waals surface area contributed by atoms with Crippen LogP contribution in [-0.4, -0.2) is 96.9 Å². The van der Waals surface area contributed by atoms with Crippen LogP contribution in [-0.2, 0) is 19.2 Å². The number of carboxylic acids is 1. The van der Waals surface area contributed by atoms with Gasteiger partial charge < -0.3 is 37.0 Å². The number of nitrogens with two attached hydrogens (primary N) is 2. The molecular weight excluding hydrogens is 382 g/mol. The molecular formula is C17H31N7O5. The van der Waals surface area contributed by atoms with Crippen molar-refractivity contribution in [1.82, 2.24) is 20.4 Å². The number of hydrogen-bond donors (Lipinski definition) is 5. The maximum absolute atomic E-state index is 12.8. The van der Waals surface area contributed by atoms with Crippen LogP contribution in [0.5, 0.6) is 0 Å². The quantitative estimate of drug-likeness (QED) is 0.137. The molecule has 1 saturated heterocycles. The van der Waals surface area contributed by atoms with Crippen LogP contribution >= 0.6 is 0 Å². The summed E-state index contributed by atoms with van der Waals surface area (Å²) in [6, 6.07) is -1.60. The smallest absolute Gasteiger partial charge is 0.323 e. The van der Waals surface area contributed by atoms with E-state index in [1.165, 1.54) is 11.9 Å². The Balaban J connectivity index is 2.84. The van der Waals surface area contributed by atoms with Gasteiger partial charge >= 0.3 is 5.97 Å². The number of likely N-dealkylation sites (tertiary alicyclic amines) is 1. The highest BCUT2D eigenvalue weighted by Gasteiger charge is 2.35. The van der Waals surface area contributed by atoms with E-state index < -0.39 is 36.4 Å². The number of carboxylic acid groups (broad SMARTS) is 1. The fourth-order valence-electron chi connectivity index (χ4n) is 3.17. The highest BCUT2D eigenvalue weighted by atomic mass is 16.4. The number of nitrogens with zero attached hydrogens (tertiary/aromatic N) is 3. The van der Waals surface area contributed by atoms with Gasteiger partial charge in [-0.15, -0.1) is 0 Å². The Morgan fingerprint density at radius 2 is 2.00 bits per heavy atom. The van der Waals surface area contributed by atoms with Crippen molar-refractivity contribution >= 4 is 29.7 Å². The second kappa shape index (κ2) is 11.8. The molecule has 0 saturated carbocycles. The third-order valence-corrected chi connectivity index (χ3v) is 4.51. The molecule has 3 amide bonds. The number of carbonyl (C=O) groups is 4. The monoisotopic (exact) mass is 413 g/mol. The van der Waals surface area contributed by atoms with E-state index in [1.54, 1.807) is 7.05 Å². The van der Waals surface area contributed by atoms with Crippen molar-refractivity contribution < 1.29 is 24.3 Å². The van der Waals surface area contributed by atoms with Crippen molar-refractivity contribution in [3.63, 3.8) is 0 Å². The van der Waals surface area contributed by atoms with Crippen LogP contribution in [0.4, 0.5) is 0 Å². The molecule has 0 spiro atoms. The maximum atomic E-state index is 12.8. The number of nitrogens with one attached hydrogen (secondary N) is 2. The summed E-state index contributed by atoms with van der Waals surface area (Å²) in [6.07, 6.45) is 1.82. The zero-order valence-corrected chi connectivity index (χ0v) is 16.9. The van der Waals surface area contributed by atoms with Gasteiger partial charge in [-0.05, 0) is 32.7 Å². The molecule has 29 heavy (non-hydrogen) atoms. The molecule has 1 rings (SSSR count). The lowest BCUT2D eigenvalue weighted by Gasteiger charge is -2.28. The second-order valence-electron chi connectivity index (χ2n) is 6.87. The molecule has 12 nitrogen and oxygen atoms in total. The van der Waals surface area contributed by atoms with Crippen LogP contribution in [0.1, 0.15) is 25.7 Å². The van der Waals surface area contributed by atoms with E-state index in [-0.39, 0.29) is 31.4 Å². The van der Waals surface area contributed by atoms with Gasteiger partial charge in [0.05, 0.1) is 6.54 Å². The first kappa shape index (κ1) is 24.1. The summed E-state index contributed by atoms with van der Waals surface area (Å²) in [5, 5.41) is 14.4. The van der Waals surface area contributed by atoms with Crippen LogP contribution in [0.3, 0.4) is 0 Å². The third kappa shape index (κ3) is 7.94. The predicted molar refractivity (Wildman–Crippen MR) is 106 cm³/mol. The van der Waals surface area contributed by atoms with Crippen molar-refractivity contribution in [3.8, 4) is 0 Å². The minimum atomic E-state index is -1.16. The Labute approximate surface area is 169 Å². The molecule has 0 bridgehead atoms. The lowest BCUT2D eigenvalue weighted by Crippen LogP contribution is -2.54. The van der Waals surface area contributed by atoms with Crippen molar-refractivity contribution in [3.05, 3.63) is 0 Å². The third-order valence-electron chi connectivity index (χ3n) is 4.51.